The number of nitrogens with zero attached hydrogens (tertiary/aromatic N) is 3. The molecular weight excluding hydrogens is 582 g/mol. The van der Waals surface area contributed by atoms with Gasteiger partial charge in [0.15, 0.2) is 4.80 Å². The number of allylic oxidation sites excluding steroid dienone is 1. The van der Waals surface area contributed by atoms with Crippen LogP contribution in [-0.4, -0.2) is 28.8 Å². The van der Waals surface area contributed by atoms with Crippen LogP contribution in [0.2, 0.25) is 5.02 Å². The zero-order chi connectivity index (χ0) is 30.4. The van der Waals surface area contributed by atoms with Gasteiger partial charge in [0.2, 0.25) is 0 Å². The third-order valence-electron chi connectivity index (χ3n) is 7.78. The molecule has 1 atom stereocenters. The predicted octanol–water partition coefficient (Wildman–Crippen LogP) is 6.02. The van der Waals surface area contributed by atoms with E-state index in [2.05, 4.69) is 10.6 Å². The number of hydrogen-bond donors (Lipinski definition) is 0. The van der Waals surface area contributed by atoms with Crippen LogP contribution in [0.25, 0.3) is 22.5 Å². The van der Waals surface area contributed by atoms with Gasteiger partial charge in [-0.3, -0.25) is 9.36 Å². The minimum absolute atomic E-state index is 0.197. The Kier molecular flexibility index (Phi) is 7.58. The Morgan fingerprint density at radius 3 is 2.53 bits per heavy atom. The van der Waals surface area contributed by atoms with E-state index in [-0.39, 0.29) is 12.2 Å². The number of methoxy groups -OCH3 is 1. The van der Waals surface area contributed by atoms with Gasteiger partial charge in [-0.25, -0.2) is 9.79 Å². The van der Waals surface area contributed by atoms with Crippen molar-refractivity contribution in [3.63, 3.8) is 0 Å². The van der Waals surface area contributed by atoms with Crippen molar-refractivity contribution >= 4 is 45.8 Å². The number of carbonyl (C=O) groups is 1. The van der Waals surface area contributed by atoms with Gasteiger partial charge in [0, 0.05) is 27.7 Å². The molecule has 0 spiro atoms. The molecule has 0 aliphatic carbocycles. The Bertz CT molecular complexity index is 2120. The van der Waals surface area contributed by atoms with E-state index in [1.165, 1.54) is 11.3 Å². The van der Waals surface area contributed by atoms with Gasteiger partial charge in [0.1, 0.15) is 11.8 Å². The van der Waals surface area contributed by atoms with Crippen LogP contribution < -0.4 is 19.6 Å². The van der Waals surface area contributed by atoms with Gasteiger partial charge in [-0.15, -0.1) is 0 Å². The third kappa shape index (κ3) is 4.90. The number of aryl methyl sites for hydroxylation is 1. The van der Waals surface area contributed by atoms with E-state index in [1.54, 1.807) is 25.5 Å². The monoisotopic (exact) mass is 611 g/mol. The molecule has 0 bridgehead atoms. The molecule has 218 valence electrons. The number of esters is 1. The Morgan fingerprint density at radius 1 is 1.07 bits per heavy atom. The van der Waals surface area contributed by atoms with Gasteiger partial charge in [-0.05, 0) is 86.5 Å². The molecule has 6 rings (SSSR count). The number of rotatable bonds is 6. The number of fused-ring (bicyclic) bond motifs is 2. The molecule has 9 heteroatoms. The number of carbonyl (C=O) groups excluding carboxylic acids is 1. The first kappa shape index (κ1) is 28.7. The fourth-order valence-corrected chi connectivity index (χ4v) is 7.03. The number of halogens is 1. The quantitative estimate of drug-likeness (QED) is 0.220. The lowest BCUT2D eigenvalue weighted by molar-refractivity contribution is -0.139. The topological polar surface area (TPSA) is 74.8 Å². The average Bonchev–Trinajstić information content (AvgIpc) is 3.45. The summed E-state index contributed by atoms with van der Waals surface area (Å²) < 4.78 is 15.6. The molecular formula is C34H30ClN3O4S. The standard InChI is InChI=1S/C34H30ClN3O4S/c1-6-42-33(40)29-20(3)36-34-38(31(29)30-26-10-8-7-9-22(26)11-16-27(30)41-5)32(39)28(43-34)18-23-17-19(2)37(21(23)4)25-14-12-24(35)13-15-25/h7-18,31H,6H2,1-5H3/b28-18+/t31-/m0/s1. The maximum atomic E-state index is 14.3. The number of aromatic nitrogens is 2. The van der Waals surface area contributed by atoms with E-state index in [4.69, 9.17) is 26.1 Å². The highest BCUT2D eigenvalue weighted by molar-refractivity contribution is 7.07. The summed E-state index contributed by atoms with van der Waals surface area (Å²) >= 11 is 7.42. The molecule has 5 aromatic rings. The van der Waals surface area contributed by atoms with Gasteiger partial charge < -0.3 is 14.0 Å². The van der Waals surface area contributed by atoms with Crippen molar-refractivity contribution in [1.29, 1.82) is 0 Å². The van der Waals surface area contributed by atoms with Crippen LogP contribution in [0.5, 0.6) is 5.75 Å². The second-order valence-corrected chi connectivity index (χ2v) is 11.8. The first-order valence-corrected chi connectivity index (χ1v) is 15.1. The second kappa shape index (κ2) is 11.4. The molecule has 0 fully saturated rings. The van der Waals surface area contributed by atoms with Crippen molar-refractivity contribution < 1.29 is 14.3 Å². The zero-order valence-corrected chi connectivity index (χ0v) is 26.0. The molecule has 0 amide bonds. The molecule has 3 heterocycles. The number of thiazole rings is 1. The molecule has 3 aromatic carbocycles. The van der Waals surface area contributed by atoms with Crippen molar-refractivity contribution in [2.45, 2.75) is 33.7 Å². The molecule has 0 saturated carbocycles. The van der Waals surface area contributed by atoms with Gasteiger partial charge in [-0.2, -0.15) is 0 Å². The first-order valence-electron chi connectivity index (χ1n) is 13.9. The van der Waals surface area contributed by atoms with E-state index >= 15 is 0 Å². The van der Waals surface area contributed by atoms with Crippen LogP contribution in [0.3, 0.4) is 0 Å². The highest BCUT2D eigenvalue weighted by atomic mass is 35.5. The Labute approximate surface area is 257 Å². The Balaban J connectivity index is 1.60. The fourth-order valence-electron chi connectivity index (χ4n) is 5.86. The van der Waals surface area contributed by atoms with Crippen LogP contribution in [0.15, 0.2) is 87.8 Å². The SMILES string of the molecule is CCOC(=O)C1=C(C)N=c2s/c(=C/c3cc(C)n(-c4ccc(Cl)cc4)c3C)c(=O)n2[C@@H]1c1c(OC)ccc2ccccc12. The molecule has 0 unspecified atom stereocenters. The summed E-state index contributed by atoms with van der Waals surface area (Å²) in [6.45, 7) is 7.80. The summed E-state index contributed by atoms with van der Waals surface area (Å²) in [7, 11) is 1.59. The van der Waals surface area contributed by atoms with E-state index in [9.17, 15) is 9.59 Å². The Morgan fingerprint density at radius 2 is 1.81 bits per heavy atom. The predicted molar refractivity (Wildman–Crippen MR) is 171 cm³/mol. The van der Waals surface area contributed by atoms with Crippen LogP contribution in [-0.2, 0) is 9.53 Å². The molecule has 0 N–H and O–H groups in total. The van der Waals surface area contributed by atoms with Crippen molar-refractivity contribution in [2.24, 2.45) is 4.99 Å². The number of ether oxygens (including phenoxy) is 2. The van der Waals surface area contributed by atoms with Crippen LogP contribution in [0, 0.1) is 13.8 Å². The number of benzene rings is 3. The average molecular weight is 612 g/mol. The van der Waals surface area contributed by atoms with Crippen LogP contribution in [0.4, 0.5) is 0 Å². The van der Waals surface area contributed by atoms with E-state index < -0.39 is 12.0 Å². The summed E-state index contributed by atoms with van der Waals surface area (Å²) in [6.07, 6.45) is 1.90. The summed E-state index contributed by atoms with van der Waals surface area (Å²) in [6, 6.07) is 20.6. The van der Waals surface area contributed by atoms with Gasteiger partial charge in [0.25, 0.3) is 5.56 Å². The second-order valence-electron chi connectivity index (χ2n) is 10.3. The summed E-state index contributed by atoms with van der Waals surface area (Å²) in [5.41, 5.74) is 5.21. The maximum Gasteiger partial charge on any atom is 0.338 e. The van der Waals surface area contributed by atoms with Gasteiger partial charge >= 0.3 is 5.97 Å². The largest absolute Gasteiger partial charge is 0.496 e. The molecule has 43 heavy (non-hydrogen) atoms. The van der Waals surface area contributed by atoms with Crippen molar-refractivity contribution in [2.75, 3.05) is 13.7 Å². The zero-order valence-electron chi connectivity index (χ0n) is 24.5. The molecule has 2 aromatic heterocycles. The van der Waals surface area contributed by atoms with Crippen LogP contribution >= 0.6 is 22.9 Å². The third-order valence-corrected chi connectivity index (χ3v) is 9.02. The van der Waals surface area contributed by atoms with Gasteiger partial charge in [-0.1, -0.05) is 53.3 Å². The summed E-state index contributed by atoms with van der Waals surface area (Å²) in [5, 5.41) is 2.51. The normalized spacial score (nSPS) is 15.0. The highest BCUT2D eigenvalue weighted by Gasteiger charge is 2.36. The van der Waals surface area contributed by atoms with Crippen molar-refractivity contribution in [3.05, 3.63) is 125 Å². The van der Waals surface area contributed by atoms with Gasteiger partial charge in [0.05, 0.1) is 29.5 Å². The highest BCUT2D eigenvalue weighted by Crippen LogP contribution is 2.40. The smallest absolute Gasteiger partial charge is 0.338 e. The summed E-state index contributed by atoms with van der Waals surface area (Å²) in [5.74, 6) is 0.0609. The van der Waals surface area contributed by atoms with Crippen LogP contribution in [0.1, 0.15) is 42.4 Å². The maximum absolute atomic E-state index is 14.3. The fraction of sp³-hybridized carbons (Fsp3) is 0.206. The molecule has 1 aliphatic rings. The summed E-state index contributed by atoms with van der Waals surface area (Å²) in [4.78, 5) is 33.1. The lowest BCUT2D eigenvalue weighted by atomic mass is 9.90. The van der Waals surface area contributed by atoms with Crippen molar-refractivity contribution in [3.8, 4) is 11.4 Å². The Hall–Kier alpha value is -4.40. The molecule has 0 saturated heterocycles. The van der Waals surface area contributed by atoms with Crippen molar-refractivity contribution in [1.82, 2.24) is 9.13 Å². The van der Waals surface area contributed by atoms with E-state index in [0.717, 1.165) is 33.4 Å². The molecule has 0 radical (unpaired) electrons. The lowest BCUT2D eigenvalue weighted by Gasteiger charge is -2.27. The van der Waals surface area contributed by atoms with E-state index in [0.29, 0.717) is 36.9 Å². The minimum Gasteiger partial charge on any atom is -0.496 e. The lowest BCUT2D eigenvalue weighted by Crippen LogP contribution is -2.40. The van der Waals surface area contributed by atoms with E-state index in [1.807, 2.05) is 80.6 Å². The molecule has 1 aliphatic heterocycles. The number of hydrogen-bond acceptors (Lipinski definition) is 6. The minimum atomic E-state index is -0.792. The first-order chi connectivity index (χ1) is 20.7. The molecule has 7 nitrogen and oxygen atoms in total.